The molecule has 0 atom stereocenters. The van der Waals surface area contributed by atoms with Crippen LogP contribution in [0.3, 0.4) is 0 Å². The fourth-order valence-electron chi connectivity index (χ4n) is 2.50. The van der Waals surface area contributed by atoms with Crippen LogP contribution in [0, 0.1) is 0 Å². The van der Waals surface area contributed by atoms with Crippen molar-refractivity contribution >= 4 is 11.6 Å². The van der Waals surface area contributed by atoms with Gasteiger partial charge in [0.15, 0.2) is 11.6 Å². The van der Waals surface area contributed by atoms with Gasteiger partial charge in [-0.25, -0.2) is 15.0 Å². The number of rotatable bonds is 5. The molecule has 112 valence electrons. The second kappa shape index (κ2) is 5.99. The van der Waals surface area contributed by atoms with Gasteiger partial charge in [0.25, 0.3) is 0 Å². The topological polar surface area (TPSA) is 68.1 Å². The predicted molar refractivity (Wildman–Crippen MR) is 80.6 cm³/mol. The van der Waals surface area contributed by atoms with Crippen molar-refractivity contribution in [2.45, 2.75) is 26.4 Å². The molecular weight excluding hydrogens is 268 g/mol. The van der Waals surface area contributed by atoms with Gasteiger partial charge in [-0.05, 0) is 6.42 Å². The van der Waals surface area contributed by atoms with Crippen LogP contribution in [-0.4, -0.2) is 39.7 Å². The van der Waals surface area contributed by atoms with Crippen LogP contribution in [0.25, 0.3) is 0 Å². The normalized spacial score (nSPS) is 13.9. The lowest BCUT2D eigenvalue weighted by Crippen LogP contribution is -2.34. The van der Waals surface area contributed by atoms with Crippen LogP contribution >= 0.6 is 0 Å². The fourth-order valence-corrected chi connectivity index (χ4v) is 2.50. The van der Waals surface area contributed by atoms with Gasteiger partial charge >= 0.3 is 0 Å². The van der Waals surface area contributed by atoms with E-state index in [1.807, 2.05) is 12.4 Å². The standard InChI is InChI=1S/C14H20N6O/c1-3-4-16-13-12(21-2)14(18-10-17-13)20-8-7-19-6-5-15-11(19)9-20/h5-6,10H,3-4,7-9H2,1-2H3,(H,16,17,18). The maximum Gasteiger partial charge on any atom is 0.204 e. The number of imidazole rings is 1. The van der Waals surface area contributed by atoms with E-state index < -0.39 is 0 Å². The van der Waals surface area contributed by atoms with Crippen LogP contribution in [-0.2, 0) is 13.1 Å². The molecule has 0 unspecified atom stereocenters. The molecule has 0 saturated carbocycles. The van der Waals surface area contributed by atoms with Crippen LogP contribution in [0.4, 0.5) is 11.6 Å². The SMILES string of the molecule is CCCNc1ncnc(N2CCn3ccnc3C2)c1OC. The minimum Gasteiger partial charge on any atom is -0.490 e. The summed E-state index contributed by atoms with van der Waals surface area (Å²) >= 11 is 0. The number of nitrogens with one attached hydrogen (secondary N) is 1. The van der Waals surface area contributed by atoms with Gasteiger partial charge in [-0.1, -0.05) is 6.92 Å². The lowest BCUT2D eigenvalue weighted by atomic mass is 10.3. The van der Waals surface area contributed by atoms with Crippen molar-refractivity contribution in [2.24, 2.45) is 0 Å². The summed E-state index contributed by atoms with van der Waals surface area (Å²) in [6.45, 7) is 5.49. The molecule has 1 aliphatic heterocycles. The first-order valence-corrected chi connectivity index (χ1v) is 7.21. The Kier molecular flexibility index (Phi) is 3.89. The molecule has 3 rings (SSSR count). The highest BCUT2D eigenvalue weighted by molar-refractivity contribution is 5.64. The molecule has 3 heterocycles. The second-order valence-corrected chi connectivity index (χ2v) is 4.96. The molecule has 2 aromatic heterocycles. The molecule has 1 aliphatic rings. The highest BCUT2D eigenvalue weighted by atomic mass is 16.5. The van der Waals surface area contributed by atoms with Crippen molar-refractivity contribution in [3.8, 4) is 5.75 Å². The van der Waals surface area contributed by atoms with Gasteiger partial charge in [0.2, 0.25) is 5.75 Å². The Hall–Kier alpha value is -2.31. The zero-order valence-corrected chi connectivity index (χ0v) is 12.4. The Morgan fingerprint density at radius 1 is 1.29 bits per heavy atom. The largest absolute Gasteiger partial charge is 0.490 e. The van der Waals surface area contributed by atoms with Gasteiger partial charge in [0, 0.05) is 32.0 Å². The first-order chi connectivity index (χ1) is 10.3. The Morgan fingerprint density at radius 3 is 3.00 bits per heavy atom. The summed E-state index contributed by atoms with van der Waals surface area (Å²) in [5.41, 5.74) is 0. The van der Waals surface area contributed by atoms with E-state index in [0.717, 1.165) is 50.1 Å². The molecule has 1 N–H and O–H groups in total. The molecule has 2 aromatic rings. The van der Waals surface area contributed by atoms with Crippen molar-refractivity contribution < 1.29 is 4.74 Å². The number of methoxy groups -OCH3 is 1. The number of hydrogen-bond donors (Lipinski definition) is 1. The van der Waals surface area contributed by atoms with Crippen molar-refractivity contribution in [3.05, 3.63) is 24.5 Å². The molecule has 0 spiro atoms. The first-order valence-electron chi connectivity index (χ1n) is 7.21. The monoisotopic (exact) mass is 288 g/mol. The lowest BCUT2D eigenvalue weighted by molar-refractivity contribution is 0.409. The molecule has 7 heteroatoms. The van der Waals surface area contributed by atoms with Crippen molar-refractivity contribution in [1.29, 1.82) is 0 Å². The average molecular weight is 288 g/mol. The van der Waals surface area contributed by atoms with E-state index in [2.05, 4.69) is 36.7 Å². The van der Waals surface area contributed by atoms with Crippen molar-refractivity contribution in [1.82, 2.24) is 19.5 Å². The third kappa shape index (κ3) is 2.63. The summed E-state index contributed by atoms with van der Waals surface area (Å²) in [7, 11) is 1.66. The summed E-state index contributed by atoms with van der Waals surface area (Å²) < 4.78 is 7.71. The van der Waals surface area contributed by atoms with E-state index in [-0.39, 0.29) is 0 Å². The Morgan fingerprint density at radius 2 is 2.19 bits per heavy atom. The molecule has 0 aromatic carbocycles. The maximum absolute atomic E-state index is 5.54. The zero-order chi connectivity index (χ0) is 14.7. The number of anilines is 2. The third-order valence-corrected chi connectivity index (χ3v) is 3.58. The summed E-state index contributed by atoms with van der Waals surface area (Å²) in [6, 6.07) is 0. The minimum absolute atomic E-state index is 0.700. The predicted octanol–water partition coefficient (Wildman–Crippen LogP) is 1.52. The zero-order valence-electron chi connectivity index (χ0n) is 12.4. The van der Waals surface area contributed by atoms with E-state index in [1.54, 1.807) is 13.4 Å². The highest BCUT2D eigenvalue weighted by Gasteiger charge is 2.23. The Bertz CT molecular complexity index is 611. The average Bonchev–Trinajstić information content (AvgIpc) is 2.99. The van der Waals surface area contributed by atoms with Crippen LogP contribution in [0.5, 0.6) is 5.75 Å². The van der Waals surface area contributed by atoms with Gasteiger partial charge in [0.05, 0.1) is 13.7 Å². The van der Waals surface area contributed by atoms with E-state index in [9.17, 15) is 0 Å². The van der Waals surface area contributed by atoms with Gasteiger partial charge in [-0.2, -0.15) is 0 Å². The molecular formula is C14H20N6O. The molecule has 0 bridgehead atoms. The molecule has 7 nitrogen and oxygen atoms in total. The molecule has 0 saturated heterocycles. The minimum atomic E-state index is 0.700. The number of ether oxygens (including phenoxy) is 1. The van der Waals surface area contributed by atoms with Gasteiger partial charge < -0.3 is 19.5 Å². The van der Waals surface area contributed by atoms with Gasteiger partial charge in [-0.15, -0.1) is 0 Å². The Balaban J connectivity index is 1.88. The number of fused-ring (bicyclic) bond motifs is 1. The second-order valence-electron chi connectivity index (χ2n) is 4.96. The van der Waals surface area contributed by atoms with Crippen LogP contribution in [0.2, 0.25) is 0 Å². The smallest absolute Gasteiger partial charge is 0.204 e. The van der Waals surface area contributed by atoms with Crippen molar-refractivity contribution in [3.63, 3.8) is 0 Å². The number of nitrogens with zero attached hydrogens (tertiary/aromatic N) is 5. The highest BCUT2D eigenvalue weighted by Crippen LogP contribution is 2.33. The first kappa shape index (κ1) is 13.7. The quantitative estimate of drug-likeness (QED) is 0.900. The van der Waals surface area contributed by atoms with E-state index >= 15 is 0 Å². The Labute approximate surface area is 124 Å². The number of aromatic nitrogens is 4. The number of hydrogen-bond acceptors (Lipinski definition) is 6. The summed E-state index contributed by atoms with van der Waals surface area (Å²) in [4.78, 5) is 15.3. The summed E-state index contributed by atoms with van der Waals surface area (Å²) in [5.74, 6) is 3.31. The molecule has 0 fully saturated rings. The van der Waals surface area contributed by atoms with Crippen LogP contribution in [0.15, 0.2) is 18.7 Å². The fraction of sp³-hybridized carbons (Fsp3) is 0.500. The van der Waals surface area contributed by atoms with Crippen LogP contribution < -0.4 is 15.0 Å². The maximum atomic E-state index is 5.54. The van der Waals surface area contributed by atoms with Gasteiger partial charge in [-0.3, -0.25) is 0 Å². The molecule has 0 amide bonds. The van der Waals surface area contributed by atoms with E-state index in [4.69, 9.17) is 4.74 Å². The third-order valence-electron chi connectivity index (χ3n) is 3.58. The van der Waals surface area contributed by atoms with E-state index in [1.165, 1.54) is 0 Å². The van der Waals surface area contributed by atoms with Gasteiger partial charge in [0.1, 0.15) is 12.2 Å². The summed E-state index contributed by atoms with van der Waals surface area (Å²) in [5, 5.41) is 3.28. The van der Waals surface area contributed by atoms with Crippen LogP contribution in [0.1, 0.15) is 19.2 Å². The van der Waals surface area contributed by atoms with Crippen molar-refractivity contribution in [2.75, 3.05) is 30.4 Å². The summed E-state index contributed by atoms with van der Waals surface area (Å²) in [6.07, 6.45) is 6.46. The lowest BCUT2D eigenvalue weighted by Gasteiger charge is -2.29. The van der Waals surface area contributed by atoms with E-state index in [0.29, 0.717) is 5.75 Å². The molecule has 0 radical (unpaired) electrons. The molecule has 0 aliphatic carbocycles. The molecule has 21 heavy (non-hydrogen) atoms.